The molecular formula is C12H18N4. The van der Waals surface area contributed by atoms with Crippen LogP contribution >= 0.6 is 0 Å². The van der Waals surface area contributed by atoms with Gasteiger partial charge in [0.05, 0.1) is 6.20 Å². The van der Waals surface area contributed by atoms with Crippen molar-refractivity contribution in [2.24, 2.45) is 0 Å². The van der Waals surface area contributed by atoms with Gasteiger partial charge in [-0.25, -0.2) is 9.50 Å². The molecule has 0 saturated heterocycles. The molecule has 2 aromatic rings. The first-order chi connectivity index (χ1) is 7.59. The van der Waals surface area contributed by atoms with E-state index in [1.807, 2.05) is 16.8 Å². The zero-order valence-corrected chi connectivity index (χ0v) is 10.2. The van der Waals surface area contributed by atoms with Gasteiger partial charge in [-0.1, -0.05) is 13.8 Å². The fraction of sp³-hybridized carbons (Fsp3) is 0.500. The van der Waals surface area contributed by atoms with E-state index >= 15 is 0 Å². The predicted octanol–water partition coefficient (Wildman–Crippen LogP) is 2.10. The summed E-state index contributed by atoms with van der Waals surface area (Å²) in [6.07, 6.45) is 3.71. The Balaban J connectivity index is 2.40. The maximum atomic E-state index is 4.39. The van der Waals surface area contributed by atoms with Crippen LogP contribution in [0.1, 0.15) is 38.1 Å². The van der Waals surface area contributed by atoms with Gasteiger partial charge in [-0.15, -0.1) is 0 Å². The van der Waals surface area contributed by atoms with Gasteiger partial charge in [-0.3, -0.25) is 0 Å². The van der Waals surface area contributed by atoms with Gasteiger partial charge in [-0.2, -0.15) is 5.10 Å². The number of aryl methyl sites for hydroxylation is 1. The molecule has 4 nitrogen and oxygen atoms in total. The molecule has 0 aliphatic carbocycles. The monoisotopic (exact) mass is 218 g/mol. The second-order valence-corrected chi connectivity index (χ2v) is 4.44. The standard InChI is InChI=1S/C12H18N4/c1-8(2)15-9(3)11-7-13-12-5-6-14-16(12)10(11)4/h5-9,15H,1-4H3. The molecule has 2 heterocycles. The highest BCUT2D eigenvalue weighted by Gasteiger charge is 2.12. The Kier molecular flexibility index (Phi) is 2.92. The molecular weight excluding hydrogens is 200 g/mol. The van der Waals surface area contributed by atoms with Gasteiger partial charge in [0.1, 0.15) is 0 Å². The third-order valence-corrected chi connectivity index (χ3v) is 2.74. The van der Waals surface area contributed by atoms with E-state index in [0.717, 1.165) is 11.3 Å². The zero-order valence-electron chi connectivity index (χ0n) is 10.2. The van der Waals surface area contributed by atoms with Crippen LogP contribution in [0.5, 0.6) is 0 Å². The van der Waals surface area contributed by atoms with Gasteiger partial charge in [0.2, 0.25) is 0 Å². The van der Waals surface area contributed by atoms with Crippen LogP contribution in [-0.4, -0.2) is 20.6 Å². The Labute approximate surface area is 95.7 Å². The third kappa shape index (κ3) is 1.93. The summed E-state index contributed by atoms with van der Waals surface area (Å²) in [5.74, 6) is 0. The molecule has 0 fully saturated rings. The van der Waals surface area contributed by atoms with E-state index < -0.39 is 0 Å². The number of rotatable bonds is 3. The van der Waals surface area contributed by atoms with Crippen molar-refractivity contribution in [2.75, 3.05) is 0 Å². The van der Waals surface area contributed by atoms with Crippen molar-refractivity contribution in [3.8, 4) is 0 Å². The van der Waals surface area contributed by atoms with Crippen molar-refractivity contribution in [3.05, 3.63) is 29.7 Å². The highest BCUT2D eigenvalue weighted by atomic mass is 15.2. The first kappa shape index (κ1) is 11.1. The van der Waals surface area contributed by atoms with Crippen molar-refractivity contribution >= 4 is 5.65 Å². The molecule has 0 aromatic carbocycles. The lowest BCUT2D eigenvalue weighted by Gasteiger charge is -2.19. The summed E-state index contributed by atoms with van der Waals surface area (Å²) in [6, 6.07) is 2.67. The Morgan fingerprint density at radius 2 is 2.06 bits per heavy atom. The first-order valence-electron chi connectivity index (χ1n) is 5.65. The van der Waals surface area contributed by atoms with Crippen LogP contribution in [0, 0.1) is 6.92 Å². The summed E-state index contributed by atoms with van der Waals surface area (Å²) < 4.78 is 1.88. The molecule has 16 heavy (non-hydrogen) atoms. The Bertz CT molecular complexity index is 487. The van der Waals surface area contributed by atoms with Crippen molar-refractivity contribution in [1.82, 2.24) is 19.9 Å². The fourth-order valence-corrected chi connectivity index (χ4v) is 2.02. The molecule has 1 atom stereocenters. The zero-order chi connectivity index (χ0) is 11.7. The molecule has 0 spiro atoms. The molecule has 2 rings (SSSR count). The van der Waals surface area contributed by atoms with E-state index in [0.29, 0.717) is 12.1 Å². The molecule has 1 N–H and O–H groups in total. The average Bonchev–Trinajstić information content (AvgIpc) is 2.65. The summed E-state index contributed by atoms with van der Waals surface area (Å²) >= 11 is 0. The number of nitrogens with zero attached hydrogens (tertiary/aromatic N) is 3. The number of aromatic nitrogens is 3. The number of nitrogens with one attached hydrogen (secondary N) is 1. The van der Waals surface area contributed by atoms with Crippen LogP contribution in [0.25, 0.3) is 5.65 Å². The molecule has 1 unspecified atom stereocenters. The quantitative estimate of drug-likeness (QED) is 0.857. The van der Waals surface area contributed by atoms with Gasteiger partial charge in [-0.05, 0) is 13.8 Å². The number of fused-ring (bicyclic) bond motifs is 1. The van der Waals surface area contributed by atoms with Crippen LogP contribution in [0.4, 0.5) is 0 Å². The van der Waals surface area contributed by atoms with Gasteiger partial charge in [0, 0.05) is 35.6 Å². The van der Waals surface area contributed by atoms with Crippen LogP contribution in [0.15, 0.2) is 18.5 Å². The van der Waals surface area contributed by atoms with Crippen LogP contribution in [-0.2, 0) is 0 Å². The summed E-state index contributed by atoms with van der Waals surface area (Å²) in [6.45, 7) is 8.52. The van der Waals surface area contributed by atoms with Crippen molar-refractivity contribution < 1.29 is 0 Å². The molecule has 2 aromatic heterocycles. The minimum atomic E-state index is 0.293. The lowest BCUT2D eigenvalue weighted by molar-refractivity contribution is 0.501. The van der Waals surface area contributed by atoms with E-state index in [1.54, 1.807) is 6.20 Å². The summed E-state index contributed by atoms with van der Waals surface area (Å²) in [5, 5.41) is 7.74. The van der Waals surface area contributed by atoms with Crippen LogP contribution in [0.2, 0.25) is 0 Å². The summed E-state index contributed by atoms with van der Waals surface area (Å²) in [7, 11) is 0. The lowest BCUT2D eigenvalue weighted by Crippen LogP contribution is -2.27. The summed E-state index contributed by atoms with van der Waals surface area (Å²) in [5.41, 5.74) is 3.25. The van der Waals surface area contributed by atoms with Crippen molar-refractivity contribution in [3.63, 3.8) is 0 Å². The normalized spacial score (nSPS) is 13.6. The fourth-order valence-electron chi connectivity index (χ4n) is 2.02. The van der Waals surface area contributed by atoms with E-state index in [4.69, 9.17) is 0 Å². The highest BCUT2D eigenvalue weighted by Crippen LogP contribution is 2.17. The minimum Gasteiger partial charge on any atom is -0.308 e. The van der Waals surface area contributed by atoms with Gasteiger partial charge in [0.25, 0.3) is 0 Å². The second kappa shape index (κ2) is 4.22. The molecule has 0 saturated carbocycles. The molecule has 4 heteroatoms. The predicted molar refractivity (Wildman–Crippen MR) is 64.4 cm³/mol. The maximum absolute atomic E-state index is 4.39. The Hall–Kier alpha value is -1.42. The van der Waals surface area contributed by atoms with E-state index in [-0.39, 0.29) is 0 Å². The molecule has 0 radical (unpaired) electrons. The minimum absolute atomic E-state index is 0.293. The van der Waals surface area contributed by atoms with Gasteiger partial charge < -0.3 is 5.32 Å². The molecule has 0 amide bonds. The second-order valence-electron chi connectivity index (χ2n) is 4.44. The highest BCUT2D eigenvalue weighted by molar-refractivity contribution is 5.39. The smallest absolute Gasteiger partial charge is 0.155 e. The molecule has 0 bridgehead atoms. The van der Waals surface area contributed by atoms with E-state index in [1.165, 1.54) is 5.56 Å². The summed E-state index contributed by atoms with van der Waals surface area (Å²) in [4.78, 5) is 4.39. The average molecular weight is 218 g/mol. The van der Waals surface area contributed by atoms with E-state index in [2.05, 4.69) is 43.1 Å². The maximum Gasteiger partial charge on any atom is 0.155 e. The molecule has 0 aliphatic heterocycles. The molecule has 86 valence electrons. The number of hydrogen-bond donors (Lipinski definition) is 1. The van der Waals surface area contributed by atoms with Crippen LogP contribution in [0.3, 0.4) is 0 Å². The topological polar surface area (TPSA) is 42.2 Å². The Morgan fingerprint density at radius 3 is 2.75 bits per heavy atom. The number of hydrogen-bond acceptors (Lipinski definition) is 3. The van der Waals surface area contributed by atoms with Gasteiger partial charge >= 0.3 is 0 Å². The van der Waals surface area contributed by atoms with Crippen molar-refractivity contribution in [2.45, 2.75) is 39.8 Å². The lowest BCUT2D eigenvalue weighted by atomic mass is 10.1. The van der Waals surface area contributed by atoms with Gasteiger partial charge in [0.15, 0.2) is 5.65 Å². The van der Waals surface area contributed by atoms with Crippen LogP contribution < -0.4 is 5.32 Å². The molecule has 0 aliphatic rings. The SMILES string of the molecule is Cc1c(C(C)NC(C)C)cnc2ccnn12. The van der Waals surface area contributed by atoms with E-state index in [9.17, 15) is 0 Å². The Morgan fingerprint density at radius 1 is 1.31 bits per heavy atom. The largest absolute Gasteiger partial charge is 0.308 e. The first-order valence-corrected chi connectivity index (χ1v) is 5.65. The van der Waals surface area contributed by atoms with Crippen molar-refractivity contribution in [1.29, 1.82) is 0 Å². The third-order valence-electron chi connectivity index (χ3n) is 2.74.